The lowest BCUT2D eigenvalue weighted by molar-refractivity contribution is -0.120. The topological polar surface area (TPSA) is 76.7 Å². The van der Waals surface area contributed by atoms with Crippen molar-refractivity contribution < 1.29 is 19.1 Å². The zero-order valence-electron chi connectivity index (χ0n) is 12.7. The molecule has 0 fully saturated rings. The predicted octanol–water partition coefficient (Wildman–Crippen LogP) is 2.11. The van der Waals surface area contributed by atoms with Crippen LogP contribution in [0.2, 0.25) is 5.02 Å². The van der Waals surface area contributed by atoms with E-state index in [0.717, 1.165) is 5.56 Å². The summed E-state index contributed by atoms with van der Waals surface area (Å²) in [6.45, 7) is 0.374. The van der Waals surface area contributed by atoms with Crippen LogP contribution in [0.4, 0.5) is 0 Å². The smallest absolute Gasteiger partial charge is 0.251 e. The second-order valence-corrected chi connectivity index (χ2v) is 5.59. The Morgan fingerprint density at radius 1 is 1.04 bits per heavy atom. The summed E-state index contributed by atoms with van der Waals surface area (Å²) in [7, 11) is 0. The number of carbonyl (C=O) groups excluding carboxylic acids is 2. The Morgan fingerprint density at radius 3 is 2.71 bits per heavy atom. The minimum Gasteiger partial charge on any atom is -0.454 e. The molecule has 2 amide bonds. The van der Waals surface area contributed by atoms with Gasteiger partial charge in [0.15, 0.2) is 11.5 Å². The molecule has 3 rings (SSSR count). The van der Waals surface area contributed by atoms with Gasteiger partial charge in [0.25, 0.3) is 5.91 Å². The van der Waals surface area contributed by atoms with Gasteiger partial charge in [-0.05, 0) is 35.9 Å². The molecule has 0 unspecified atom stereocenters. The molecule has 6 nitrogen and oxygen atoms in total. The zero-order chi connectivity index (χ0) is 16.9. The van der Waals surface area contributed by atoms with Crippen LogP contribution in [0, 0.1) is 0 Å². The highest BCUT2D eigenvalue weighted by molar-refractivity contribution is 6.30. The van der Waals surface area contributed by atoms with Gasteiger partial charge in [-0.25, -0.2) is 0 Å². The molecular formula is C17H15ClN2O4. The van der Waals surface area contributed by atoms with Crippen LogP contribution in [0.15, 0.2) is 42.5 Å². The van der Waals surface area contributed by atoms with E-state index in [1.165, 1.54) is 0 Å². The molecule has 0 bridgehead atoms. The molecule has 0 aromatic heterocycles. The molecule has 0 saturated heterocycles. The van der Waals surface area contributed by atoms with Crippen LogP contribution in [-0.2, 0) is 11.3 Å². The van der Waals surface area contributed by atoms with E-state index in [1.54, 1.807) is 30.3 Å². The van der Waals surface area contributed by atoms with E-state index in [1.807, 2.05) is 12.1 Å². The molecule has 7 heteroatoms. The fraction of sp³-hybridized carbons (Fsp3) is 0.176. The number of amides is 2. The highest BCUT2D eigenvalue weighted by Crippen LogP contribution is 2.32. The number of halogens is 1. The van der Waals surface area contributed by atoms with E-state index in [4.69, 9.17) is 21.1 Å². The number of benzene rings is 2. The molecule has 0 radical (unpaired) electrons. The molecule has 2 N–H and O–H groups in total. The quantitative estimate of drug-likeness (QED) is 0.869. The average Bonchev–Trinajstić information content (AvgIpc) is 3.05. The first-order valence-corrected chi connectivity index (χ1v) is 7.68. The number of hydrogen-bond acceptors (Lipinski definition) is 4. The van der Waals surface area contributed by atoms with Crippen molar-refractivity contribution in [2.75, 3.05) is 13.3 Å². The summed E-state index contributed by atoms with van der Waals surface area (Å²) in [5, 5.41) is 5.89. The lowest BCUT2D eigenvalue weighted by atomic mass is 10.2. The molecule has 0 spiro atoms. The summed E-state index contributed by atoms with van der Waals surface area (Å²) in [6, 6.07) is 12.1. The molecule has 2 aromatic rings. The Bertz CT molecular complexity index is 779. The molecule has 124 valence electrons. The van der Waals surface area contributed by atoms with Gasteiger partial charge in [-0.15, -0.1) is 0 Å². The first kappa shape index (κ1) is 16.1. The maximum atomic E-state index is 12.1. The number of carbonyl (C=O) groups is 2. The first-order valence-electron chi connectivity index (χ1n) is 7.31. The van der Waals surface area contributed by atoms with Crippen molar-refractivity contribution >= 4 is 23.4 Å². The van der Waals surface area contributed by atoms with E-state index in [9.17, 15) is 9.59 Å². The number of nitrogens with one attached hydrogen (secondary N) is 2. The van der Waals surface area contributed by atoms with Crippen molar-refractivity contribution in [2.45, 2.75) is 6.54 Å². The number of fused-ring (bicyclic) bond motifs is 1. The van der Waals surface area contributed by atoms with Crippen LogP contribution in [0.1, 0.15) is 15.9 Å². The van der Waals surface area contributed by atoms with E-state index in [-0.39, 0.29) is 25.2 Å². The third-order valence-electron chi connectivity index (χ3n) is 3.42. The molecule has 1 aliphatic heterocycles. The molecule has 24 heavy (non-hydrogen) atoms. The Morgan fingerprint density at radius 2 is 1.88 bits per heavy atom. The van der Waals surface area contributed by atoms with Crippen LogP contribution in [0.25, 0.3) is 0 Å². The van der Waals surface area contributed by atoms with Crippen molar-refractivity contribution in [3.8, 4) is 11.5 Å². The van der Waals surface area contributed by atoms with Crippen LogP contribution >= 0.6 is 11.6 Å². The van der Waals surface area contributed by atoms with Crippen molar-refractivity contribution in [3.05, 3.63) is 58.6 Å². The highest BCUT2D eigenvalue weighted by Gasteiger charge is 2.16. The zero-order valence-corrected chi connectivity index (χ0v) is 13.4. The molecule has 0 saturated carbocycles. The van der Waals surface area contributed by atoms with Gasteiger partial charge in [0.1, 0.15) is 0 Å². The molecular weight excluding hydrogens is 332 g/mol. The summed E-state index contributed by atoms with van der Waals surface area (Å²) in [5.41, 5.74) is 1.29. The Balaban J connectivity index is 1.48. The fourth-order valence-corrected chi connectivity index (χ4v) is 2.42. The first-order chi connectivity index (χ1) is 11.6. The third kappa shape index (κ3) is 3.97. The van der Waals surface area contributed by atoms with Crippen LogP contribution in [0.3, 0.4) is 0 Å². The van der Waals surface area contributed by atoms with E-state index in [0.29, 0.717) is 28.6 Å². The second-order valence-electron chi connectivity index (χ2n) is 5.16. The van der Waals surface area contributed by atoms with Gasteiger partial charge in [0, 0.05) is 17.1 Å². The van der Waals surface area contributed by atoms with Gasteiger partial charge in [-0.2, -0.15) is 0 Å². The van der Waals surface area contributed by atoms with Gasteiger partial charge in [0.05, 0.1) is 6.54 Å². The lowest BCUT2D eigenvalue weighted by Gasteiger charge is -2.08. The number of rotatable bonds is 5. The molecule has 1 aliphatic rings. The summed E-state index contributed by atoms with van der Waals surface area (Å²) in [4.78, 5) is 23.9. The predicted molar refractivity (Wildman–Crippen MR) is 88.2 cm³/mol. The number of ether oxygens (including phenoxy) is 2. The maximum absolute atomic E-state index is 12.1. The minimum absolute atomic E-state index is 0.117. The second kappa shape index (κ2) is 7.23. The average molecular weight is 347 g/mol. The highest BCUT2D eigenvalue weighted by atomic mass is 35.5. The largest absolute Gasteiger partial charge is 0.454 e. The van der Waals surface area contributed by atoms with E-state index in [2.05, 4.69) is 10.6 Å². The van der Waals surface area contributed by atoms with Gasteiger partial charge >= 0.3 is 0 Å². The third-order valence-corrected chi connectivity index (χ3v) is 3.66. The number of hydrogen-bond donors (Lipinski definition) is 2. The van der Waals surface area contributed by atoms with Crippen LogP contribution < -0.4 is 20.1 Å². The van der Waals surface area contributed by atoms with Crippen molar-refractivity contribution in [2.24, 2.45) is 0 Å². The Kier molecular flexibility index (Phi) is 4.86. The fourth-order valence-electron chi connectivity index (χ4n) is 2.21. The minimum atomic E-state index is -0.355. The molecule has 2 aromatic carbocycles. The normalized spacial score (nSPS) is 11.9. The van der Waals surface area contributed by atoms with E-state index >= 15 is 0 Å². The van der Waals surface area contributed by atoms with Gasteiger partial charge in [-0.1, -0.05) is 23.7 Å². The van der Waals surface area contributed by atoms with Crippen molar-refractivity contribution in [1.82, 2.24) is 10.6 Å². The summed E-state index contributed by atoms with van der Waals surface area (Å²) in [6.07, 6.45) is 0. The summed E-state index contributed by atoms with van der Waals surface area (Å²) >= 11 is 5.88. The van der Waals surface area contributed by atoms with Gasteiger partial charge in [-0.3, -0.25) is 9.59 Å². The Labute approximate surface area is 143 Å². The van der Waals surface area contributed by atoms with E-state index < -0.39 is 0 Å². The van der Waals surface area contributed by atoms with Crippen LogP contribution in [0.5, 0.6) is 11.5 Å². The standard InChI is InChI=1S/C17H15ClN2O4/c18-13-3-1-2-11(6-13)8-19-16(21)9-20-17(22)12-4-5-14-15(7-12)24-10-23-14/h1-7H,8-10H2,(H,19,21)(H,20,22). The lowest BCUT2D eigenvalue weighted by Crippen LogP contribution is -2.36. The summed E-state index contributed by atoms with van der Waals surface area (Å²) in [5.74, 6) is 0.481. The Hall–Kier alpha value is -2.73. The summed E-state index contributed by atoms with van der Waals surface area (Å²) < 4.78 is 10.4. The SMILES string of the molecule is O=C(CNC(=O)c1ccc2c(c1)OCO2)NCc1cccc(Cl)c1. The van der Waals surface area contributed by atoms with Crippen molar-refractivity contribution in [1.29, 1.82) is 0 Å². The van der Waals surface area contributed by atoms with Crippen molar-refractivity contribution in [3.63, 3.8) is 0 Å². The monoisotopic (exact) mass is 346 g/mol. The molecule has 1 heterocycles. The molecule has 0 atom stereocenters. The van der Waals surface area contributed by atoms with Crippen LogP contribution in [-0.4, -0.2) is 25.2 Å². The molecule has 0 aliphatic carbocycles. The maximum Gasteiger partial charge on any atom is 0.251 e. The van der Waals surface area contributed by atoms with Gasteiger partial charge < -0.3 is 20.1 Å². The van der Waals surface area contributed by atoms with Gasteiger partial charge in [0.2, 0.25) is 12.7 Å².